The molecule has 88 valence electrons. The van der Waals surface area contributed by atoms with Crippen LogP contribution in [0.5, 0.6) is 0 Å². The molecule has 0 aliphatic carbocycles. The number of nitrogens with one attached hydrogen (secondary N) is 2. The number of aliphatic hydroxyl groups is 2. The van der Waals surface area contributed by atoms with Gasteiger partial charge in [-0.2, -0.15) is 0 Å². The van der Waals surface area contributed by atoms with E-state index in [9.17, 15) is 15.0 Å². The molecular formula is C10H20N2O3. The van der Waals surface area contributed by atoms with E-state index in [1.807, 2.05) is 6.92 Å². The molecule has 1 unspecified atom stereocenters. The molecule has 5 heteroatoms. The third kappa shape index (κ3) is 3.15. The second-order valence-corrected chi connectivity index (χ2v) is 4.13. The van der Waals surface area contributed by atoms with E-state index in [4.69, 9.17) is 0 Å². The Kier molecular flexibility index (Phi) is 4.50. The SMILES string of the molecule is CCC(CO)(CO)NCC1CCC(=O)N1. The van der Waals surface area contributed by atoms with E-state index < -0.39 is 5.54 Å². The normalized spacial score (nSPS) is 21.8. The highest BCUT2D eigenvalue weighted by Gasteiger charge is 2.28. The first-order chi connectivity index (χ1) is 7.15. The minimum Gasteiger partial charge on any atom is -0.394 e. The fraction of sp³-hybridized carbons (Fsp3) is 0.900. The van der Waals surface area contributed by atoms with E-state index >= 15 is 0 Å². The molecule has 0 saturated carbocycles. The Morgan fingerprint density at radius 3 is 2.60 bits per heavy atom. The molecule has 1 heterocycles. The Morgan fingerprint density at radius 1 is 1.53 bits per heavy atom. The summed E-state index contributed by atoms with van der Waals surface area (Å²) >= 11 is 0. The molecule has 1 fully saturated rings. The topological polar surface area (TPSA) is 81.6 Å². The van der Waals surface area contributed by atoms with Crippen LogP contribution in [0, 0.1) is 0 Å². The van der Waals surface area contributed by atoms with Crippen molar-refractivity contribution in [2.24, 2.45) is 0 Å². The lowest BCUT2D eigenvalue weighted by atomic mass is 9.98. The van der Waals surface area contributed by atoms with Crippen molar-refractivity contribution >= 4 is 5.91 Å². The smallest absolute Gasteiger partial charge is 0.220 e. The van der Waals surface area contributed by atoms with Crippen molar-refractivity contribution in [1.29, 1.82) is 0 Å². The van der Waals surface area contributed by atoms with Crippen LogP contribution >= 0.6 is 0 Å². The van der Waals surface area contributed by atoms with Crippen molar-refractivity contribution in [3.8, 4) is 0 Å². The van der Waals surface area contributed by atoms with Gasteiger partial charge >= 0.3 is 0 Å². The van der Waals surface area contributed by atoms with E-state index in [1.54, 1.807) is 0 Å². The Labute approximate surface area is 89.9 Å². The molecule has 1 atom stereocenters. The number of carbonyl (C=O) groups is 1. The zero-order chi connectivity index (χ0) is 11.3. The summed E-state index contributed by atoms with van der Waals surface area (Å²) in [6, 6.07) is 0.126. The number of hydrogen-bond acceptors (Lipinski definition) is 4. The van der Waals surface area contributed by atoms with E-state index in [0.29, 0.717) is 19.4 Å². The molecule has 1 saturated heterocycles. The van der Waals surface area contributed by atoms with Gasteiger partial charge in [0, 0.05) is 19.0 Å². The third-order valence-electron chi connectivity index (χ3n) is 3.09. The first kappa shape index (κ1) is 12.4. The lowest BCUT2D eigenvalue weighted by Crippen LogP contribution is -2.54. The van der Waals surface area contributed by atoms with E-state index in [2.05, 4.69) is 10.6 Å². The standard InChI is InChI=1S/C10H20N2O3/c1-2-10(6-13,7-14)11-5-8-3-4-9(15)12-8/h8,11,13-14H,2-7H2,1H3,(H,12,15). The summed E-state index contributed by atoms with van der Waals surface area (Å²) in [4.78, 5) is 10.9. The minimum absolute atomic E-state index is 0.0805. The fourth-order valence-corrected chi connectivity index (χ4v) is 1.68. The highest BCUT2D eigenvalue weighted by Crippen LogP contribution is 2.11. The Balaban J connectivity index is 2.36. The van der Waals surface area contributed by atoms with Crippen molar-refractivity contribution in [2.45, 2.75) is 37.8 Å². The average Bonchev–Trinajstić information content (AvgIpc) is 2.67. The van der Waals surface area contributed by atoms with Gasteiger partial charge in [-0.05, 0) is 12.8 Å². The highest BCUT2D eigenvalue weighted by molar-refractivity contribution is 5.78. The van der Waals surface area contributed by atoms with Gasteiger partial charge in [-0.3, -0.25) is 4.79 Å². The van der Waals surface area contributed by atoms with Crippen LogP contribution in [0.15, 0.2) is 0 Å². The predicted molar refractivity (Wildman–Crippen MR) is 56.4 cm³/mol. The lowest BCUT2D eigenvalue weighted by Gasteiger charge is -2.31. The van der Waals surface area contributed by atoms with Crippen molar-refractivity contribution in [3.05, 3.63) is 0 Å². The van der Waals surface area contributed by atoms with Crippen LogP contribution in [0.25, 0.3) is 0 Å². The zero-order valence-corrected chi connectivity index (χ0v) is 9.12. The van der Waals surface area contributed by atoms with Crippen molar-refractivity contribution in [3.63, 3.8) is 0 Å². The lowest BCUT2D eigenvalue weighted by molar-refractivity contribution is -0.119. The molecule has 0 aromatic heterocycles. The van der Waals surface area contributed by atoms with Gasteiger partial charge in [0.05, 0.1) is 18.8 Å². The monoisotopic (exact) mass is 216 g/mol. The maximum absolute atomic E-state index is 10.9. The number of amides is 1. The summed E-state index contributed by atoms with van der Waals surface area (Å²) in [6.45, 7) is 2.31. The summed E-state index contributed by atoms with van der Waals surface area (Å²) in [5.41, 5.74) is -0.618. The van der Waals surface area contributed by atoms with Crippen LogP contribution in [0.3, 0.4) is 0 Å². The molecule has 1 aliphatic rings. The number of aliphatic hydroxyl groups excluding tert-OH is 2. The predicted octanol–water partition coefficient (Wildman–Crippen LogP) is -1.01. The summed E-state index contributed by atoms with van der Waals surface area (Å²) in [5, 5.41) is 24.3. The molecule has 0 bridgehead atoms. The Morgan fingerprint density at radius 2 is 2.20 bits per heavy atom. The maximum Gasteiger partial charge on any atom is 0.220 e. The van der Waals surface area contributed by atoms with Crippen LogP contribution in [0.4, 0.5) is 0 Å². The van der Waals surface area contributed by atoms with Gasteiger partial charge in [0.25, 0.3) is 0 Å². The molecule has 0 spiro atoms. The third-order valence-corrected chi connectivity index (χ3v) is 3.09. The van der Waals surface area contributed by atoms with Crippen LogP contribution in [-0.2, 0) is 4.79 Å². The minimum atomic E-state index is -0.618. The van der Waals surface area contributed by atoms with E-state index in [1.165, 1.54) is 0 Å². The molecule has 1 amide bonds. The molecule has 5 nitrogen and oxygen atoms in total. The van der Waals surface area contributed by atoms with Gasteiger partial charge in [-0.15, -0.1) is 0 Å². The van der Waals surface area contributed by atoms with E-state index in [0.717, 1.165) is 6.42 Å². The quantitative estimate of drug-likeness (QED) is 0.458. The van der Waals surface area contributed by atoms with Gasteiger partial charge in [-0.1, -0.05) is 6.92 Å². The van der Waals surface area contributed by atoms with Crippen LogP contribution in [-0.4, -0.2) is 47.5 Å². The van der Waals surface area contributed by atoms with Gasteiger partial charge in [0.2, 0.25) is 5.91 Å². The van der Waals surface area contributed by atoms with Crippen molar-refractivity contribution < 1.29 is 15.0 Å². The molecule has 0 aromatic rings. The van der Waals surface area contributed by atoms with Crippen molar-refractivity contribution in [2.75, 3.05) is 19.8 Å². The molecular weight excluding hydrogens is 196 g/mol. The second-order valence-electron chi connectivity index (χ2n) is 4.13. The highest BCUT2D eigenvalue weighted by atomic mass is 16.3. The van der Waals surface area contributed by atoms with Crippen molar-refractivity contribution in [1.82, 2.24) is 10.6 Å². The summed E-state index contributed by atoms with van der Waals surface area (Å²) in [7, 11) is 0. The summed E-state index contributed by atoms with van der Waals surface area (Å²) < 4.78 is 0. The molecule has 1 aliphatic heterocycles. The zero-order valence-electron chi connectivity index (χ0n) is 9.12. The van der Waals surface area contributed by atoms with Crippen LogP contribution in [0.2, 0.25) is 0 Å². The Bertz CT molecular complexity index is 208. The Hall–Kier alpha value is -0.650. The maximum atomic E-state index is 10.9. The largest absolute Gasteiger partial charge is 0.394 e. The molecule has 4 N–H and O–H groups in total. The second kappa shape index (κ2) is 5.44. The molecule has 0 radical (unpaired) electrons. The van der Waals surface area contributed by atoms with Gasteiger partial charge in [0.15, 0.2) is 0 Å². The van der Waals surface area contributed by atoms with Gasteiger partial charge in [-0.25, -0.2) is 0 Å². The number of carbonyl (C=O) groups excluding carboxylic acids is 1. The first-order valence-corrected chi connectivity index (χ1v) is 5.42. The molecule has 15 heavy (non-hydrogen) atoms. The van der Waals surface area contributed by atoms with Gasteiger partial charge in [0.1, 0.15) is 0 Å². The van der Waals surface area contributed by atoms with Crippen LogP contribution < -0.4 is 10.6 Å². The first-order valence-electron chi connectivity index (χ1n) is 5.42. The average molecular weight is 216 g/mol. The summed E-state index contributed by atoms with van der Waals surface area (Å²) in [5.74, 6) is 0.0805. The molecule has 1 rings (SSSR count). The van der Waals surface area contributed by atoms with Crippen LogP contribution in [0.1, 0.15) is 26.2 Å². The van der Waals surface area contributed by atoms with E-state index in [-0.39, 0.29) is 25.2 Å². The summed E-state index contributed by atoms with van der Waals surface area (Å²) in [6.07, 6.45) is 2.05. The fourth-order valence-electron chi connectivity index (χ4n) is 1.68. The number of hydrogen-bond donors (Lipinski definition) is 4. The molecule has 0 aromatic carbocycles. The van der Waals surface area contributed by atoms with Gasteiger partial charge < -0.3 is 20.8 Å². The number of rotatable bonds is 6.